The molecule has 0 amide bonds. The highest BCUT2D eigenvalue weighted by molar-refractivity contribution is 5.44. The summed E-state index contributed by atoms with van der Waals surface area (Å²) in [4.78, 5) is 3.53. The summed E-state index contributed by atoms with van der Waals surface area (Å²) in [5.41, 5.74) is 0.366. The van der Waals surface area contributed by atoms with Crippen LogP contribution in [0.2, 0.25) is 0 Å². The van der Waals surface area contributed by atoms with E-state index in [4.69, 9.17) is 4.11 Å². The number of pyridine rings is 1. The van der Waals surface area contributed by atoms with E-state index in [1.165, 1.54) is 12.3 Å². The highest BCUT2D eigenvalue weighted by atomic mass is 14.6. The Labute approximate surface area is 52.9 Å². The van der Waals surface area contributed by atoms with E-state index < -0.39 is 0 Å². The molecule has 0 aliphatic heterocycles. The predicted octanol–water partition coefficient (Wildman–Crippen LogP) is 1.72. The largest absolute Gasteiger partial charge is 0.265 e. The van der Waals surface area contributed by atoms with Crippen molar-refractivity contribution < 1.29 is 4.11 Å². The number of rotatable bonds is 1. The van der Waals surface area contributed by atoms with E-state index in [-0.39, 0.29) is 18.3 Å². The number of hydrogen-bond donors (Lipinski definition) is 0. The van der Waals surface area contributed by atoms with Crippen LogP contribution in [0, 0.1) is 0 Å². The molecule has 1 heteroatoms. The Hall–Kier alpha value is -1.11. The molecule has 0 spiro atoms. The molecule has 0 bridgehead atoms. The van der Waals surface area contributed by atoms with Crippen molar-refractivity contribution in [1.82, 2.24) is 4.98 Å². The molecule has 1 nitrogen and oxygen atoms in total. The van der Waals surface area contributed by atoms with Crippen LogP contribution in [-0.4, -0.2) is 4.98 Å². The Morgan fingerprint density at radius 2 is 2.62 bits per heavy atom. The van der Waals surface area contributed by atoms with Gasteiger partial charge in [0.2, 0.25) is 0 Å². The maximum Gasteiger partial charge on any atom is 0.0840 e. The number of nitrogens with zero attached hydrogens (tertiary/aromatic N) is 1. The first-order valence-electron chi connectivity index (χ1n) is 3.72. The molecular formula is C7H7N. The Kier molecular flexibility index (Phi) is 0.691. The van der Waals surface area contributed by atoms with Crippen LogP contribution < -0.4 is 0 Å². The van der Waals surface area contributed by atoms with Gasteiger partial charge in [0.15, 0.2) is 0 Å². The highest BCUT2D eigenvalue weighted by Crippen LogP contribution is 1.94. The lowest BCUT2D eigenvalue weighted by molar-refractivity contribution is 1.32. The van der Waals surface area contributed by atoms with Gasteiger partial charge in [-0.05, 0) is 17.6 Å². The van der Waals surface area contributed by atoms with Crippen LogP contribution in [0.1, 0.15) is 9.68 Å². The van der Waals surface area contributed by atoms with Gasteiger partial charge in [0.05, 0.1) is 4.11 Å². The summed E-state index contributed by atoms with van der Waals surface area (Å²) in [5, 5.41) is 0. The lowest BCUT2D eigenvalue weighted by atomic mass is 10.3. The smallest absolute Gasteiger partial charge is 0.0840 e. The van der Waals surface area contributed by atoms with Crippen molar-refractivity contribution >= 4 is 6.08 Å². The average Bonchev–Trinajstić information content (AvgIpc) is 1.99. The van der Waals surface area contributed by atoms with E-state index in [1.807, 2.05) is 0 Å². The molecule has 1 aromatic rings. The molecule has 0 fully saturated rings. The van der Waals surface area contributed by atoms with Gasteiger partial charge < -0.3 is 0 Å². The third kappa shape index (κ3) is 0.936. The van der Waals surface area contributed by atoms with Gasteiger partial charge in [-0.15, -0.1) is 0 Å². The van der Waals surface area contributed by atoms with Crippen molar-refractivity contribution in [2.45, 2.75) is 0 Å². The first-order chi connectivity index (χ1) is 5.16. The predicted molar refractivity (Wildman–Crippen MR) is 34.3 cm³/mol. The summed E-state index contributed by atoms with van der Waals surface area (Å²) in [6, 6.07) is 0.105. The van der Waals surface area contributed by atoms with Crippen LogP contribution in [0.25, 0.3) is 6.08 Å². The molecule has 1 rings (SSSR count). The molecule has 0 aromatic carbocycles. The highest BCUT2D eigenvalue weighted by Gasteiger charge is 1.76. The molecule has 0 radical (unpaired) electrons. The molecule has 0 N–H and O–H groups in total. The van der Waals surface area contributed by atoms with E-state index in [1.54, 1.807) is 0 Å². The van der Waals surface area contributed by atoms with Crippen LogP contribution in [-0.2, 0) is 0 Å². The molecule has 8 heavy (non-hydrogen) atoms. The standard InChI is InChI=1S/C7H7N/c1-2-7-3-5-8-6-4-7/h2-6H,1H2/i3D,4D,5D. The molecule has 0 atom stereocenters. The molecule has 0 saturated heterocycles. The zero-order chi connectivity index (χ0) is 8.43. The first-order valence-corrected chi connectivity index (χ1v) is 2.22. The fourth-order valence-electron chi connectivity index (χ4n) is 0.373. The monoisotopic (exact) mass is 108 g/mol. The molecule has 0 aliphatic rings. The zero-order valence-corrected chi connectivity index (χ0v) is 4.31. The van der Waals surface area contributed by atoms with Gasteiger partial charge in [-0.1, -0.05) is 12.7 Å². The van der Waals surface area contributed by atoms with Crippen molar-refractivity contribution in [2.75, 3.05) is 0 Å². The van der Waals surface area contributed by atoms with Crippen LogP contribution >= 0.6 is 0 Å². The van der Waals surface area contributed by atoms with Gasteiger partial charge in [0, 0.05) is 12.4 Å². The summed E-state index contributed by atoms with van der Waals surface area (Å²) in [7, 11) is 0. The number of aromatic nitrogens is 1. The molecule has 0 saturated carbocycles. The molecule has 1 heterocycles. The Balaban J connectivity index is 3.40. The van der Waals surface area contributed by atoms with Crippen LogP contribution in [0.4, 0.5) is 0 Å². The molecule has 0 unspecified atom stereocenters. The van der Waals surface area contributed by atoms with E-state index in [0.717, 1.165) is 0 Å². The minimum atomic E-state index is -0.115. The summed E-state index contributed by atoms with van der Waals surface area (Å²) >= 11 is 0. The van der Waals surface area contributed by atoms with Crippen molar-refractivity contribution in [2.24, 2.45) is 0 Å². The Morgan fingerprint density at radius 1 is 1.75 bits per heavy atom. The van der Waals surface area contributed by atoms with Gasteiger partial charge in [0.25, 0.3) is 0 Å². The second kappa shape index (κ2) is 2.26. The van der Waals surface area contributed by atoms with E-state index in [2.05, 4.69) is 11.6 Å². The minimum absolute atomic E-state index is 0.0347. The second-order valence-corrected chi connectivity index (χ2v) is 1.26. The third-order valence-electron chi connectivity index (χ3n) is 0.744. The Morgan fingerprint density at radius 3 is 3.25 bits per heavy atom. The fraction of sp³-hybridized carbons (Fsp3) is 0. The molecule has 0 aliphatic carbocycles. The molecular weight excluding hydrogens is 98.1 g/mol. The lowest BCUT2D eigenvalue weighted by Gasteiger charge is -1.84. The Bertz CT molecular complexity index is 296. The van der Waals surface area contributed by atoms with Gasteiger partial charge in [-0.25, -0.2) is 0 Å². The quantitative estimate of drug-likeness (QED) is 0.533. The summed E-state index contributed by atoms with van der Waals surface area (Å²) < 4.78 is 21.7. The van der Waals surface area contributed by atoms with Gasteiger partial charge in [-0.3, -0.25) is 4.98 Å². The van der Waals surface area contributed by atoms with Gasteiger partial charge in [0.1, 0.15) is 0 Å². The summed E-state index contributed by atoms with van der Waals surface area (Å²) in [6.45, 7) is 3.44. The average molecular weight is 108 g/mol. The summed E-state index contributed by atoms with van der Waals surface area (Å²) in [5.74, 6) is 0. The van der Waals surface area contributed by atoms with E-state index in [9.17, 15) is 0 Å². The third-order valence-corrected chi connectivity index (χ3v) is 0.744. The van der Waals surface area contributed by atoms with Crippen LogP contribution in [0.15, 0.2) is 31.0 Å². The number of hydrogen-bond acceptors (Lipinski definition) is 1. The second-order valence-electron chi connectivity index (χ2n) is 1.26. The van der Waals surface area contributed by atoms with Gasteiger partial charge in [-0.2, -0.15) is 0 Å². The molecule has 1 aromatic heterocycles. The lowest BCUT2D eigenvalue weighted by Crippen LogP contribution is -1.69. The topological polar surface area (TPSA) is 12.9 Å². The van der Waals surface area contributed by atoms with Crippen molar-refractivity contribution in [3.8, 4) is 0 Å². The first kappa shape index (κ1) is 2.44. The van der Waals surface area contributed by atoms with Crippen molar-refractivity contribution in [1.29, 1.82) is 0 Å². The van der Waals surface area contributed by atoms with E-state index in [0.29, 0.717) is 5.56 Å². The van der Waals surface area contributed by atoms with Crippen molar-refractivity contribution in [3.05, 3.63) is 36.6 Å². The fourth-order valence-corrected chi connectivity index (χ4v) is 0.373. The normalized spacial score (nSPS) is 13.8. The van der Waals surface area contributed by atoms with Crippen LogP contribution in [0.3, 0.4) is 0 Å². The SMILES string of the molecule is [2H]c1cnc([2H])c([2H])c1C=C. The van der Waals surface area contributed by atoms with Crippen LogP contribution in [0.5, 0.6) is 0 Å². The minimum Gasteiger partial charge on any atom is -0.265 e. The zero-order valence-electron chi connectivity index (χ0n) is 7.31. The van der Waals surface area contributed by atoms with E-state index >= 15 is 0 Å². The maximum absolute atomic E-state index is 7.29. The van der Waals surface area contributed by atoms with Crippen molar-refractivity contribution in [3.63, 3.8) is 0 Å². The maximum atomic E-state index is 7.29. The summed E-state index contributed by atoms with van der Waals surface area (Å²) in [6.07, 6.45) is 2.53. The molecule has 40 valence electrons. The van der Waals surface area contributed by atoms with Gasteiger partial charge >= 0.3 is 0 Å².